The van der Waals surface area contributed by atoms with Crippen LogP contribution in [0.5, 0.6) is 11.5 Å². The summed E-state index contributed by atoms with van der Waals surface area (Å²) in [7, 11) is 1.38. The van der Waals surface area contributed by atoms with Crippen molar-refractivity contribution in [2.45, 2.75) is 19.9 Å². The van der Waals surface area contributed by atoms with Crippen LogP contribution in [0.3, 0.4) is 0 Å². The highest BCUT2D eigenvalue weighted by Gasteiger charge is 2.13. The van der Waals surface area contributed by atoms with E-state index in [1.807, 2.05) is 38.1 Å². The molecule has 0 aromatic heterocycles. The second-order valence-corrected chi connectivity index (χ2v) is 5.30. The molecule has 2 aromatic rings. The summed E-state index contributed by atoms with van der Waals surface area (Å²) in [4.78, 5) is 12.1. The van der Waals surface area contributed by atoms with Crippen LogP contribution in [0, 0.1) is 12.7 Å². The fourth-order valence-corrected chi connectivity index (χ4v) is 2.09. The Bertz CT molecular complexity index is 688. The lowest BCUT2D eigenvalue weighted by molar-refractivity contribution is 0.0926. The van der Waals surface area contributed by atoms with Crippen LogP contribution in [-0.2, 0) is 0 Å². The molecule has 0 saturated heterocycles. The Morgan fingerprint density at radius 1 is 1.22 bits per heavy atom. The van der Waals surface area contributed by atoms with E-state index in [0.717, 1.165) is 17.4 Å². The van der Waals surface area contributed by atoms with Gasteiger partial charge in [0.1, 0.15) is 12.4 Å². The van der Waals surface area contributed by atoms with E-state index in [9.17, 15) is 9.18 Å². The quantitative estimate of drug-likeness (QED) is 0.889. The SMILES string of the molecule is COc1ccc(C(=O)N[C@@H](C)COc2ccccc2C)cc1F. The maximum Gasteiger partial charge on any atom is 0.251 e. The molecule has 0 fully saturated rings. The van der Waals surface area contributed by atoms with Crippen LogP contribution < -0.4 is 14.8 Å². The summed E-state index contributed by atoms with van der Waals surface area (Å²) in [5.41, 5.74) is 1.27. The number of hydrogen-bond acceptors (Lipinski definition) is 3. The van der Waals surface area contributed by atoms with E-state index in [1.54, 1.807) is 0 Å². The molecule has 0 bridgehead atoms. The van der Waals surface area contributed by atoms with Crippen LogP contribution in [0.2, 0.25) is 0 Å². The van der Waals surface area contributed by atoms with E-state index in [1.165, 1.54) is 19.2 Å². The highest BCUT2D eigenvalue weighted by Crippen LogP contribution is 2.18. The number of amides is 1. The van der Waals surface area contributed by atoms with Gasteiger partial charge in [-0.3, -0.25) is 4.79 Å². The van der Waals surface area contributed by atoms with Gasteiger partial charge in [-0.05, 0) is 43.7 Å². The van der Waals surface area contributed by atoms with Crippen molar-refractivity contribution in [1.82, 2.24) is 5.32 Å². The van der Waals surface area contributed by atoms with Crippen molar-refractivity contribution >= 4 is 5.91 Å². The Morgan fingerprint density at radius 2 is 1.96 bits per heavy atom. The molecule has 23 heavy (non-hydrogen) atoms. The molecule has 0 heterocycles. The van der Waals surface area contributed by atoms with Gasteiger partial charge < -0.3 is 14.8 Å². The first-order valence-corrected chi connectivity index (χ1v) is 7.34. The lowest BCUT2D eigenvalue weighted by atomic mass is 10.2. The summed E-state index contributed by atoms with van der Waals surface area (Å²) in [6, 6.07) is 11.6. The fraction of sp³-hybridized carbons (Fsp3) is 0.278. The zero-order chi connectivity index (χ0) is 16.8. The number of para-hydroxylation sites is 1. The standard InChI is InChI=1S/C18H20FNO3/c1-12-6-4-5-7-16(12)23-11-13(2)20-18(21)14-8-9-17(22-3)15(19)10-14/h4-10,13H,11H2,1-3H3,(H,20,21)/t13-/m0/s1. The molecular formula is C18H20FNO3. The summed E-state index contributed by atoms with van der Waals surface area (Å²) >= 11 is 0. The van der Waals surface area contributed by atoms with Crippen molar-refractivity contribution in [3.63, 3.8) is 0 Å². The average Bonchev–Trinajstić information content (AvgIpc) is 2.54. The topological polar surface area (TPSA) is 47.6 Å². The van der Waals surface area contributed by atoms with Crippen molar-refractivity contribution in [2.75, 3.05) is 13.7 Å². The lowest BCUT2D eigenvalue weighted by Crippen LogP contribution is -2.36. The first-order valence-electron chi connectivity index (χ1n) is 7.34. The number of carbonyl (C=O) groups is 1. The van der Waals surface area contributed by atoms with Gasteiger partial charge in [-0.1, -0.05) is 18.2 Å². The minimum Gasteiger partial charge on any atom is -0.494 e. The van der Waals surface area contributed by atoms with Gasteiger partial charge >= 0.3 is 0 Å². The summed E-state index contributed by atoms with van der Waals surface area (Å²) in [5, 5.41) is 2.78. The number of methoxy groups -OCH3 is 1. The average molecular weight is 317 g/mol. The second-order valence-electron chi connectivity index (χ2n) is 5.30. The third-order valence-electron chi connectivity index (χ3n) is 3.37. The Morgan fingerprint density at radius 3 is 2.61 bits per heavy atom. The molecular weight excluding hydrogens is 297 g/mol. The first-order chi connectivity index (χ1) is 11.0. The first kappa shape index (κ1) is 16.8. The van der Waals surface area contributed by atoms with E-state index < -0.39 is 5.82 Å². The Labute approximate surface area is 135 Å². The van der Waals surface area contributed by atoms with E-state index in [4.69, 9.17) is 9.47 Å². The van der Waals surface area contributed by atoms with Gasteiger partial charge in [-0.2, -0.15) is 0 Å². The molecule has 1 N–H and O–H groups in total. The van der Waals surface area contributed by atoms with Crippen molar-refractivity contribution < 1.29 is 18.7 Å². The van der Waals surface area contributed by atoms with E-state index >= 15 is 0 Å². The van der Waals surface area contributed by atoms with Crippen LogP contribution in [-0.4, -0.2) is 25.7 Å². The minimum atomic E-state index is -0.566. The van der Waals surface area contributed by atoms with Gasteiger partial charge in [-0.25, -0.2) is 4.39 Å². The zero-order valence-electron chi connectivity index (χ0n) is 13.4. The number of rotatable bonds is 6. The number of halogens is 1. The molecule has 2 rings (SSSR count). The Kier molecular flexibility index (Phi) is 5.57. The molecule has 4 nitrogen and oxygen atoms in total. The smallest absolute Gasteiger partial charge is 0.251 e. The predicted molar refractivity (Wildman–Crippen MR) is 86.6 cm³/mol. The van der Waals surface area contributed by atoms with Crippen molar-refractivity contribution in [3.8, 4) is 11.5 Å². The molecule has 5 heteroatoms. The highest BCUT2D eigenvalue weighted by molar-refractivity contribution is 5.94. The molecule has 0 aliphatic carbocycles. The van der Waals surface area contributed by atoms with Crippen molar-refractivity contribution in [3.05, 3.63) is 59.4 Å². The van der Waals surface area contributed by atoms with E-state index in [2.05, 4.69) is 5.32 Å². The van der Waals surface area contributed by atoms with Gasteiger partial charge in [0.15, 0.2) is 11.6 Å². The predicted octanol–water partition coefficient (Wildman–Crippen LogP) is 3.34. The van der Waals surface area contributed by atoms with Crippen LogP contribution in [0.25, 0.3) is 0 Å². The molecule has 122 valence electrons. The largest absolute Gasteiger partial charge is 0.494 e. The molecule has 0 radical (unpaired) electrons. The van der Waals surface area contributed by atoms with Gasteiger partial charge in [0.25, 0.3) is 5.91 Å². The number of benzene rings is 2. The number of carbonyl (C=O) groups excluding carboxylic acids is 1. The van der Waals surface area contributed by atoms with Crippen LogP contribution in [0.1, 0.15) is 22.8 Å². The lowest BCUT2D eigenvalue weighted by Gasteiger charge is -2.16. The van der Waals surface area contributed by atoms with Gasteiger partial charge in [-0.15, -0.1) is 0 Å². The number of hydrogen-bond donors (Lipinski definition) is 1. The van der Waals surface area contributed by atoms with Crippen LogP contribution >= 0.6 is 0 Å². The van der Waals surface area contributed by atoms with Crippen LogP contribution in [0.4, 0.5) is 4.39 Å². The summed E-state index contributed by atoms with van der Waals surface area (Å²) in [5.74, 6) is -0.0297. The summed E-state index contributed by atoms with van der Waals surface area (Å²) in [6.07, 6.45) is 0. The van der Waals surface area contributed by atoms with Crippen LogP contribution in [0.15, 0.2) is 42.5 Å². The minimum absolute atomic E-state index is 0.109. The third kappa shape index (κ3) is 4.45. The van der Waals surface area contributed by atoms with E-state index in [-0.39, 0.29) is 23.3 Å². The molecule has 0 aliphatic rings. The maximum atomic E-state index is 13.6. The number of ether oxygens (including phenoxy) is 2. The normalized spacial score (nSPS) is 11.7. The van der Waals surface area contributed by atoms with Gasteiger partial charge in [0.2, 0.25) is 0 Å². The van der Waals surface area contributed by atoms with Crippen molar-refractivity contribution in [2.24, 2.45) is 0 Å². The third-order valence-corrected chi connectivity index (χ3v) is 3.37. The number of aryl methyl sites for hydroxylation is 1. The molecule has 0 unspecified atom stereocenters. The molecule has 2 aromatic carbocycles. The molecule has 1 atom stereocenters. The monoisotopic (exact) mass is 317 g/mol. The Balaban J connectivity index is 1.92. The molecule has 0 spiro atoms. The highest BCUT2D eigenvalue weighted by atomic mass is 19.1. The fourth-order valence-electron chi connectivity index (χ4n) is 2.09. The van der Waals surface area contributed by atoms with Gasteiger partial charge in [0.05, 0.1) is 13.2 Å². The molecule has 1 amide bonds. The summed E-state index contributed by atoms with van der Waals surface area (Å²) < 4.78 is 24.2. The molecule has 0 aliphatic heterocycles. The summed E-state index contributed by atoms with van der Waals surface area (Å²) in [6.45, 7) is 4.12. The Hall–Kier alpha value is -2.56. The molecule has 0 saturated carbocycles. The van der Waals surface area contributed by atoms with E-state index in [0.29, 0.717) is 6.61 Å². The van der Waals surface area contributed by atoms with Gasteiger partial charge in [0, 0.05) is 5.56 Å². The second kappa shape index (κ2) is 7.63. The zero-order valence-corrected chi connectivity index (χ0v) is 13.4. The number of nitrogens with one attached hydrogen (secondary N) is 1. The van der Waals surface area contributed by atoms with Crippen molar-refractivity contribution in [1.29, 1.82) is 0 Å². The maximum absolute atomic E-state index is 13.6.